The lowest BCUT2D eigenvalue weighted by atomic mass is 9.95. The molecule has 0 spiro atoms. The lowest BCUT2D eigenvalue weighted by molar-refractivity contribution is 0.181. The molecule has 0 fully saturated rings. The van der Waals surface area contributed by atoms with Gasteiger partial charge in [0.25, 0.3) is 0 Å². The second-order valence-electron chi connectivity index (χ2n) is 6.35. The Kier molecular flexibility index (Phi) is 5.13. The van der Waals surface area contributed by atoms with Gasteiger partial charge in [-0.05, 0) is 13.8 Å². The number of aryl methyl sites for hydroxylation is 2. The van der Waals surface area contributed by atoms with Gasteiger partial charge in [-0.1, -0.05) is 20.8 Å². The fourth-order valence-corrected chi connectivity index (χ4v) is 2.93. The summed E-state index contributed by atoms with van der Waals surface area (Å²) < 4.78 is 5.21. The molecular weight excluding hydrogens is 296 g/mol. The number of nitrogens with zero attached hydrogens (tertiary/aromatic N) is 3. The summed E-state index contributed by atoms with van der Waals surface area (Å²) in [7, 11) is 1.68. The van der Waals surface area contributed by atoms with E-state index in [1.165, 1.54) is 4.88 Å². The van der Waals surface area contributed by atoms with E-state index in [4.69, 9.17) is 4.74 Å². The van der Waals surface area contributed by atoms with Crippen LogP contribution in [-0.4, -0.2) is 22.1 Å². The molecule has 6 heteroatoms. The Morgan fingerprint density at radius 1 is 1.18 bits per heavy atom. The van der Waals surface area contributed by atoms with Crippen molar-refractivity contribution in [2.24, 2.45) is 0 Å². The van der Waals surface area contributed by atoms with Crippen molar-refractivity contribution in [3.05, 3.63) is 33.2 Å². The maximum absolute atomic E-state index is 5.21. The predicted molar refractivity (Wildman–Crippen MR) is 90.4 cm³/mol. The minimum atomic E-state index is -0.100. The Morgan fingerprint density at radius 3 is 2.45 bits per heavy atom. The second kappa shape index (κ2) is 6.71. The third kappa shape index (κ3) is 4.24. The molecule has 2 aromatic rings. The topological polar surface area (TPSA) is 59.9 Å². The highest BCUT2D eigenvalue weighted by molar-refractivity contribution is 7.11. The summed E-state index contributed by atoms with van der Waals surface area (Å²) in [5.74, 6) is 1.65. The lowest BCUT2D eigenvalue weighted by Gasteiger charge is -2.19. The molecule has 0 saturated heterocycles. The molecule has 0 aliphatic rings. The Labute approximate surface area is 136 Å². The Morgan fingerprint density at radius 2 is 1.91 bits per heavy atom. The van der Waals surface area contributed by atoms with E-state index in [0.29, 0.717) is 6.61 Å². The zero-order valence-corrected chi connectivity index (χ0v) is 15.0. The summed E-state index contributed by atoms with van der Waals surface area (Å²) in [5.41, 5.74) is 1.87. The smallest absolute Gasteiger partial charge is 0.136 e. The first kappa shape index (κ1) is 16.8. The molecule has 0 radical (unpaired) electrons. The fraction of sp³-hybridized carbons (Fsp3) is 0.562. The van der Waals surface area contributed by atoms with Gasteiger partial charge in [0.05, 0.1) is 29.5 Å². The Bertz CT molecular complexity index is 646. The molecule has 2 aromatic heterocycles. The number of hydrogen-bond donors (Lipinski definition) is 1. The average molecular weight is 320 g/mol. The van der Waals surface area contributed by atoms with Crippen LogP contribution in [0.15, 0.2) is 6.07 Å². The summed E-state index contributed by atoms with van der Waals surface area (Å²) in [6, 6.07) is 1.95. The number of thiazole rings is 1. The van der Waals surface area contributed by atoms with Crippen LogP contribution in [0.4, 0.5) is 5.82 Å². The maximum Gasteiger partial charge on any atom is 0.136 e. The van der Waals surface area contributed by atoms with Crippen LogP contribution in [0.3, 0.4) is 0 Å². The SMILES string of the molecule is COCc1cc(NCc2sc(C)nc2C)nc(C(C)(C)C)n1. The summed E-state index contributed by atoms with van der Waals surface area (Å²) in [4.78, 5) is 14.9. The minimum absolute atomic E-state index is 0.100. The normalized spacial score (nSPS) is 11.7. The fourth-order valence-electron chi connectivity index (χ4n) is 2.05. The molecule has 0 saturated carbocycles. The van der Waals surface area contributed by atoms with E-state index in [2.05, 4.69) is 41.0 Å². The summed E-state index contributed by atoms with van der Waals surface area (Å²) >= 11 is 1.72. The Balaban J connectivity index is 2.22. The molecule has 0 aromatic carbocycles. The van der Waals surface area contributed by atoms with Gasteiger partial charge in [-0.3, -0.25) is 0 Å². The standard InChI is InChI=1S/C16H24N4OS/c1-10-13(22-11(2)18-10)8-17-14-7-12(9-21-6)19-15(20-14)16(3,4)5/h7H,8-9H2,1-6H3,(H,17,19,20). The molecule has 5 nitrogen and oxygen atoms in total. The van der Waals surface area contributed by atoms with Crippen LogP contribution in [0.25, 0.3) is 0 Å². The summed E-state index contributed by atoms with van der Waals surface area (Å²) in [6.07, 6.45) is 0. The number of rotatable bonds is 5. The molecule has 22 heavy (non-hydrogen) atoms. The van der Waals surface area contributed by atoms with Gasteiger partial charge in [-0.15, -0.1) is 11.3 Å². The highest BCUT2D eigenvalue weighted by Gasteiger charge is 2.19. The van der Waals surface area contributed by atoms with E-state index in [1.807, 2.05) is 19.9 Å². The highest BCUT2D eigenvalue weighted by atomic mass is 32.1. The van der Waals surface area contributed by atoms with Gasteiger partial charge in [0, 0.05) is 23.5 Å². The van der Waals surface area contributed by atoms with Crippen LogP contribution in [0.5, 0.6) is 0 Å². The number of anilines is 1. The zero-order chi connectivity index (χ0) is 16.3. The van der Waals surface area contributed by atoms with Crippen LogP contribution in [0, 0.1) is 13.8 Å². The van der Waals surface area contributed by atoms with Crippen molar-refractivity contribution in [3.8, 4) is 0 Å². The number of aromatic nitrogens is 3. The quantitative estimate of drug-likeness (QED) is 0.912. The van der Waals surface area contributed by atoms with Crippen LogP contribution in [-0.2, 0) is 23.3 Å². The summed E-state index contributed by atoms with van der Waals surface area (Å²) in [5, 5.41) is 4.48. The van der Waals surface area contributed by atoms with E-state index in [0.717, 1.165) is 34.6 Å². The third-order valence-electron chi connectivity index (χ3n) is 3.17. The number of nitrogens with one attached hydrogen (secondary N) is 1. The van der Waals surface area contributed by atoms with E-state index in [9.17, 15) is 0 Å². The molecule has 120 valence electrons. The van der Waals surface area contributed by atoms with Gasteiger partial charge in [-0.25, -0.2) is 15.0 Å². The molecule has 0 unspecified atom stereocenters. The number of methoxy groups -OCH3 is 1. The number of hydrogen-bond acceptors (Lipinski definition) is 6. The van der Waals surface area contributed by atoms with Crippen molar-refractivity contribution < 1.29 is 4.74 Å². The molecule has 0 aliphatic heterocycles. The van der Waals surface area contributed by atoms with Crippen molar-refractivity contribution >= 4 is 17.2 Å². The average Bonchev–Trinajstić information content (AvgIpc) is 2.74. The summed E-state index contributed by atoms with van der Waals surface area (Å²) in [6.45, 7) is 11.6. The lowest BCUT2D eigenvalue weighted by Crippen LogP contribution is -2.18. The van der Waals surface area contributed by atoms with Gasteiger partial charge < -0.3 is 10.1 Å². The molecular formula is C16H24N4OS. The van der Waals surface area contributed by atoms with Crippen LogP contribution < -0.4 is 5.32 Å². The van der Waals surface area contributed by atoms with Crippen molar-refractivity contribution in [3.63, 3.8) is 0 Å². The largest absolute Gasteiger partial charge is 0.378 e. The first-order valence-electron chi connectivity index (χ1n) is 7.33. The van der Waals surface area contributed by atoms with Crippen molar-refractivity contribution in [1.82, 2.24) is 15.0 Å². The Hall–Kier alpha value is -1.53. The van der Waals surface area contributed by atoms with Gasteiger partial charge in [-0.2, -0.15) is 0 Å². The predicted octanol–water partition coefficient (Wildman–Crippen LogP) is 3.61. The second-order valence-corrected chi connectivity index (χ2v) is 7.63. The minimum Gasteiger partial charge on any atom is -0.378 e. The van der Waals surface area contributed by atoms with Crippen LogP contribution in [0.1, 0.15) is 47.9 Å². The van der Waals surface area contributed by atoms with Gasteiger partial charge in [0.15, 0.2) is 0 Å². The monoisotopic (exact) mass is 320 g/mol. The highest BCUT2D eigenvalue weighted by Crippen LogP contribution is 2.22. The maximum atomic E-state index is 5.21. The van der Waals surface area contributed by atoms with Gasteiger partial charge >= 0.3 is 0 Å². The van der Waals surface area contributed by atoms with Crippen molar-refractivity contribution in [2.45, 2.75) is 53.2 Å². The number of ether oxygens (including phenoxy) is 1. The van der Waals surface area contributed by atoms with Crippen LogP contribution >= 0.6 is 11.3 Å². The van der Waals surface area contributed by atoms with E-state index < -0.39 is 0 Å². The molecule has 0 bridgehead atoms. The third-order valence-corrected chi connectivity index (χ3v) is 4.24. The van der Waals surface area contributed by atoms with Crippen LogP contribution in [0.2, 0.25) is 0 Å². The van der Waals surface area contributed by atoms with Gasteiger partial charge in [0.1, 0.15) is 11.6 Å². The molecule has 1 N–H and O–H groups in total. The first-order chi connectivity index (χ1) is 10.3. The molecule has 2 heterocycles. The first-order valence-corrected chi connectivity index (χ1v) is 8.15. The van der Waals surface area contributed by atoms with Crippen molar-refractivity contribution in [2.75, 3.05) is 12.4 Å². The van der Waals surface area contributed by atoms with E-state index in [1.54, 1.807) is 18.4 Å². The van der Waals surface area contributed by atoms with E-state index in [-0.39, 0.29) is 5.41 Å². The zero-order valence-electron chi connectivity index (χ0n) is 14.1. The van der Waals surface area contributed by atoms with Crippen molar-refractivity contribution in [1.29, 1.82) is 0 Å². The molecule has 2 rings (SSSR count). The molecule has 0 amide bonds. The van der Waals surface area contributed by atoms with E-state index >= 15 is 0 Å². The molecule has 0 aliphatic carbocycles. The van der Waals surface area contributed by atoms with Gasteiger partial charge in [0.2, 0.25) is 0 Å². The molecule has 0 atom stereocenters.